The zero-order valence-electron chi connectivity index (χ0n) is 5.53. The van der Waals surface area contributed by atoms with E-state index in [0.29, 0.717) is 0 Å². The van der Waals surface area contributed by atoms with Crippen LogP contribution in [0.3, 0.4) is 0 Å². The fourth-order valence-corrected chi connectivity index (χ4v) is 0.600. The van der Waals surface area contributed by atoms with Crippen molar-refractivity contribution in [1.82, 2.24) is 0 Å². The van der Waals surface area contributed by atoms with E-state index in [1.807, 2.05) is 30.3 Å². The number of hydrogen-bond acceptors (Lipinski definition) is 2. The van der Waals surface area contributed by atoms with Gasteiger partial charge < -0.3 is 0 Å². The van der Waals surface area contributed by atoms with Gasteiger partial charge in [-0.2, -0.15) is 22.6 Å². The molecule has 0 fully saturated rings. The molecular weight excluding hydrogens is 179 g/mol. The van der Waals surface area contributed by atoms with Gasteiger partial charge in [-0.3, -0.25) is 0 Å². The molecule has 3 heteroatoms. The molecule has 0 radical (unpaired) electrons. The molecule has 0 heterocycles. The maximum absolute atomic E-state index is 9.67. The molecule has 0 aliphatic rings. The minimum absolute atomic E-state index is 0. The predicted molar refractivity (Wildman–Crippen MR) is 35.6 cm³/mol. The van der Waals surface area contributed by atoms with Gasteiger partial charge in [0.1, 0.15) is 0 Å². The van der Waals surface area contributed by atoms with Crippen LogP contribution in [0.2, 0.25) is 0 Å². The van der Waals surface area contributed by atoms with Crippen LogP contribution in [0.5, 0.6) is 0 Å². The maximum atomic E-state index is 9.67. The number of hydrogen-bond donors (Lipinski definition) is 0. The van der Waals surface area contributed by atoms with E-state index in [0.717, 1.165) is 5.56 Å². The molecule has 1 aromatic carbocycles. The molecule has 0 aliphatic carbocycles. The minimum atomic E-state index is 0. The zero-order valence-corrected chi connectivity index (χ0v) is 8.49. The van der Waals surface area contributed by atoms with Crippen LogP contribution in [-0.2, 0) is 19.5 Å². The van der Waals surface area contributed by atoms with Crippen molar-refractivity contribution in [2.75, 3.05) is 0 Å². The molecule has 1 rings (SSSR count). The zero-order chi connectivity index (χ0) is 6.53. The Morgan fingerprint density at radius 3 is 2.30 bits per heavy atom. The van der Waals surface area contributed by atoms with Crippen LogP contribution in [0.15, 0.2) is 35.5 Å². The molecular formula is C7H6NOZn-. The largest absolute Gasteiger partial charge is 0.167 e. The van der Waals surface area contributed by atoms with Crippen LogP contribution in [0.1, 0.15) is 5.56 Å². The fraction of sp³-hybridized carbons (Fsp3) is 0. The molecule has 0 aliphatic heterocycles. The third kappa shape index (κ3) is 2.74. The van der Waals surface area contributed by atoms with Gasteiger partial charge in [0.2, 0.25) is 0 Å². The summed E-state index contributed by atoms with van der Waals surface area (Å²) < 4.78 is 0. The van der Waals surface area contributed by atoms with Gasteiger partial charge in [0.05, 0.1) is 0 Å². The van der Waals surface area contributed by atoms with Gasteiger partial charge in [0, 0.05) is 19.5 Å². The topological polar surface area (TPSA) is 29.4 Å². The second-order valence-corrected chi connectivity index (χ2v) is 1.65. The summed E-state index contributed by atoms with van der Waals surface area (Å²) in [6.45, 7) is 1.28. The third-order valence-electron chi connectivity index (χ3n) is 1.00. The Kier molecular flexibility index (Phi) is 4.77. The summed E-state index contributed by atoms with van der Waals surface area (Å²) in [4.78, 5) is 9.67. The van der Waals surface area contributed by atoms with Gasteiger partial charge in [0.15, 0.2) is 0 Å². The number of nitroso groups, excluding NO2 is 1. The minimum Gasteiger partial charge on any atom is -0.167 e. The van der Waals surface area contributed by atoms with Crippen molar-refractivity contribution in [3.8, 4) is 0 Å². The molecule has 0 saturated heterocycles. The Morgan fingerprint density at radius 2 is 1.80 bits per heavy atom. The standard InChI is InChI=1S/C7H6NO.Zn/c9-8-6-7-4-2-1-3-5-7;/h1-6H;/q-1;. The second-order valence-electron chi connectivity index (χ2n) is 1.65. The smallest absolute Gasteiger partial charge is 0 e. The van der Waals surface area contributed by atoms with Crippen molar-refractivity contribution in [2.45, 2.75) is 0 Å². The van der Waals surface area contributed by atoms with Crippen molar-refractivity contribution < 1.29 is 19.5 Å². The maximum Gasteiger partial charge on any atom is 0 e. The van der Waals surface area contributed by atoms with Crippen LogP contribution in [0, 0.1) is 11.5 Å². The van der Waals surface area contributed by atoms with Gasteiger partial charge in [0.25, 0.3) is 0 Å². The Hall–Kier alpha value is -0.687. The van der Waals surface area contributed by atoms with E-state index < -0.39 is 0 Å². The predicted octanol–water partition coefficient (Wildman–Crippen LogP) is 1.96. The average molecular weight is 186 g/mol. The Labute approximate surface area is 72.4 Å². The molecule has 0 spiro atoms. The molecule has 2 nitrogen and oxygen atoms in total. The average Bonchev–Trinajstić information content (AvgIpc) is 1.91. The van der Waals surface area contributed by atoms with E-state index in [9.17, 15) is 4.91 Å². The first-order valence-electron chi connectivity index (χ1n) is 2.64. The van der Waals surface area contributed by atoms with E-state index >= 15 is 0 Å². The summed E-state index contributed by atoms with van der Waals surface area (Å²) in [5.41, 5.74) is 0.840. The molecule has 0 N–H and O–H groups in total. The van der Waals surface area contributed by atoms with E-state index in [2.05, 4.69) is 5.18 Å². The van der Waals surface area contributed by atoms with Crippen molar-refractivity contribution in [1.29, 1.82) is 0 Å². The first kappa shape index (κ1) is 9.31. The molecule has 0 bridgehead atoms. The normalized spacial score (nSPS) is 7.60. The number of nitrogens with zero attached hydrogens (tertiary/aromatic N) is 1. The molecule has 10 heavy (non-hydrogen) atoms. The molecule has 0 atom stereocenters. The Morgan fingerprint density at radius 1 is 1.20 bits per heavy atom. The summed E-state index contributed by atoms with van der Waals surface area (Å²) in [6, 6.07) is 9.25. The Bertz CT molecular complexity index is 188. The second kappa shape index (κ2) is 5.13. The third-order valence-corrected chi connectivity index (χ3v) is 1.00. The molecule has 0 saturated carbocycles. The van der Waals surface area contributed by atoms with Gasteiger partial charge in [-0.05, 0) is 6.54 Å². The van der Waals surface area contributed by atoms with Crippen molar-refractivity contribution >= 4 is 0 Å². The summed E-state index contributed by atoms with van der Waals surface area (Å²) in [5, 5.41) is 2.63. The summed E-state index contributed by atoms with van der Waals surface area (Å²) >= 11 is 0. The van der Waals surface area contributed by atoms with Crippen LogP contribution in [-0.4, -0.2) is 0 Å². The van der Waals surface area contributed by atoms with Crippen LogP contribution in [0.4, 0.5) is 0 Å². The van der Waals surface area contributed by atoms with Crippen molar-refractivity contribution in [3.05, 3.63) is 47.3 Å². The quantitative estimate of drug-likeness (QED) is 0.393. The van der Waals surface area contributed by atoms with Crippen molar-refractivity contribution in [2.24, 2.45) is 5.18 Å². The summed E-state index contributed by atoms with van der Waals surface area (Å²) in [7, 11) is 0. The Balaban J connectivity index is 0.000000810. The van der Waals surface area contributed by atoms with Crippen LogP contribution >= 0.6 is 0 Å². The van der Waals surface area contributed by atoms with E-state index in [4.69, 9.17) is 0 Å². The van der Waals surface area contributed by atoms with Crippen LogP contribution in [0.25, 0.3) is 0 Å². The van der Waals surface area contributed by atoms with Gasteiger partial charge in [-0.25, -0.2) is 0 Å². The van der Waals surface area contributed by atoms with Crippen molar-refractivity contribution in [3.63, 3.8) is 0 Å². The first-order valence-corrected chi connectivity index (χ1v) is 2.64. The van der Waals surface area contributed by atoms with E-state index in [-0.39, 0.29) is 19.5 Å². The van der Waals surface area contributed by atoms with Gasteiger partial charge in [-0.15, -0.1) is 17.3 Å². The molecule has 0 unspecified atom stereocenters. The SMILES string of the molecule is O=N[CH-]c1ccccc1.[Zn]. The summed E-state index contributed by atoms with van der Waals surface area (Å²) in [6.07, 6.45) is 0. The number of benzene rings is 1. The van der Waals surface area contributed by atoms with Gasteiger partial charge >= 0.3 is 0 Å². The van der Waals surface area contributed by atoms with E-state index in [1.165, 1.54) is 6.54 Å². The van der Waals surface area contributed by atoms with Gasteiger partial charge in [-0.1, -0.05) is 6.07 Å². The molecule has 48 valence electrons. The number of rotatable bonds is 2. The summed E-state index contributed by atoms with van der Waals surface area (Å²) in [5.74, 6) is 0. The van der Waals surface area contributed by atoms with Crippen LogP contribution < -0.4 is 0 Å². The monoisotopic (exact) mass is 184 g/mol. The fourth-order valence-electron chi connectivity index (χ4n) is 0.600. The molecule has 0 aromatic heterocycles. The molecule has 1 aromatic rings. The molecule has 0 amide bonds. The first-order chi connectivity index (χ1) is 4.43. The van der Waals surface area contributed by atoms with E-state index in [1.54, 1.807) is 0 Å².